The van der Waals surface area contributed by atoms with Gasteiger partial charge in [0, 0.05) is 30.8 Å². The van der Waals surface area contributed by atoms with E-state index in [2.05, 4.69) is 28.6 Å². The Bertz CT molecular complexity index is 817. The lowest BCUT2D eigenvalue weighted by Crippen LogP contribution is -2.31. The predicted molar refractivity (Wildman–Crippen MR) is 89.2 cm³/mol. The van der Waals surface area contributed by atoms with Crippen LogP contribution < -0.4 is 5.32 Å². The number of fused-ring (bicyclic) bond motifs is 1. The van der Waals surface area contributed by atoms with Gasteiger partial charge in [-0.05, 0) is 32.4 Å². The molecule has 0 unspecified atom stereocenters. The number of rotatable bonds is 3. The largest absolute Gasteiger partial charge is 0.317 e. The van der Waals surface area contributed by atoms with Crippen LogP contribution in [-0.4, -0.2) is 37.5 Å². The van der Waals surface area contributed by atoms with Crippen LogP contribution in [0.3, 0.4) is 0 Å². The highest BCUT2D eigenvalue weighted by atomic mass is 15.2. The highest BCUT2D eigenvalue weighted by Crippen LogP contribution is 2.35. The fourth-order valence-corrected chi connectivity index (χ4v) is 3.65. The molecule has 0 aliphatic heterocycles. The van der Waals surface area contributed by atoms with E-state index in [1.165, 1.54) is 25.0 Å². The first kappa shape index (κ1) is 14.4. The second kappa shape index (κ2) is 5.77. The van der Waals surface area contributed by atoms with Crippen molar-refractivity contribution in [2.75, 3.05) is 7.05 Å². The van der Waals surface area contributed by atoms with Crippen LogP contribution >= 0.6 is 0 Å². The van der Waals surface area contributed by atoms with Gasteiger partial charge in [0.05, 0.1) is 35.5 Å². The van der Waals surface area contributed by atoms with E-state index in [0.29, 0.717) is 12.0 Å². The molecule has 1 fully saturated rings. The average molecular weight is 310 g/mol. The fourth-order valence-electron chi connectivity index (χ4n) is 3.65. The first-order chi connectivity index (χ1) is 11.2. The predicted octanol–water partition coefficient (Wildman–Crippen LogP) is 2.38. The molecule has 1 aliphatic carbocycles. The third kappa shape index (κ3) is 2.63. The van der Waals surface area contributed by atoms with Crippen molar-refractivity contribution >= 4 is 5.52 Å². The molecular weight excluding hydrogens is 288 g/mol. The molecule has 3 heterocycles. The average Bonchev–Trinajstić information content (AvgIpc) is 3.22. The SMILES string of the molecule is CN[C@@H]1CCC[C@@H](c2nc(-c3cnn(C)c3)cn3nccc23)C1. The molecule has 0 bridgehead atoms. The van der Waals surface area contributed by atoms with Crippen molar-refractivity contribution in [1.29, 1.82) is 0 Å². The third-order valence-electron chi connectivity index (χ3n) is 4.89. The van der Waals surface area contributed by atoms with Gasteiger partial charge in [-0.2, -0.15) is 10.2 Å². The molecule has 0 amide bonds. The van der Waals surface area contributed by atoms with E-state index in [1.807, 2.05) is 41.0 Å². The van der Waals surface area contributed by atoms with Crippen LogP contribution in [0.2, 0.25) is 0 Å². The molecule has 120 valence electrons. The Morgan fingerprint density at radius 2 is 2.13 bits per heavy atom. The lowest BCUT2D eigenvalue weighted by atomic mass is 9.83. The zero-order valence-electron chi connectivity index (χ0n) is 13.6. The minimum absolute atomic E-state index is 0.483. The summed E-state index contributed by atoms with van der Waals surface area (Å²) in [5.74, 6) is 0.483. The lowest BCUT2D eigenvalue weighted by molar-refractivity contribution is 0.352. The number of hydrogen-bond donors (Lipinski definition) is 1. The Kier molecular flexibility index (Phi) is 3.61. The molecule has 0 saturated heterocycles. The van der Waals surface area contributed by atoms with Gasteiger partial charge in [0.25, 0.3) is 0 Å². The van der Waals surface area contributed by atoms with Gasteiger partial charge in [0.2, 0.25) is 0 Å². The normalized spacial score (nSPS) is 21.8. The first-order valence-corrected chi connectivity index (χ1v) is 8.25. The minimum Gasteiger partial charge on any atom is -0.317 e. The van der Waals surface area contributed by atoms with Crippen molar-refractivity contribution in [3.8, 4) is 11.3 Å². The van der Waals surface area contributed by atoms with E-state index in [9.17, 15) is 0 Å². The molecule has 1 aliphatic rings. The Morgan fingerprint density at radius 1 is 1.22 bits per heavy atom. The van der Waals surface area contributed by atoms with Crippen LogP contribution in [0.5, 0.6) is 0 Å². The van der Waals surface area contributed by atoms with E-state index in [4.69, 9.17) is 4.98 Å². The van der Waals surface area contributed by atoms with Gasteiger partial charge in [-0.1, -0.05) is 6.42 Å². The zero-order valence-corrected chi connectivity index (χ0v) is 13.6. The minimum atomic E-state index is 0.483. The van der Waals surface area contributed by atoms with Crippen LogP contribution in [0.15, 0.2) is 30.9 Å². The maximum absolute atomic E-state index is 5.01. The maximum atomic E-state index is 5.01. The Morgan fingerprint density at radius 3 is 2.91 bits per heavy atom. The fraction of sp³-hybridized carbons (Fsp3) is 0.471. The Balaban J connectivity index is 1.79. The summed E-state index contributed by atoms with van der Waals surface area (Å²) in [6.45, 7) is 0. The van der Waals surface area contributed by atoms with E-state index in [0.717, 1.165) is 23.2 Å². The van der Waals surface area contributed by atoms with Gasteiger partial charge in [0.15, 0.2) is 0 Å². The number of nitrogens with zero attached hydrogens (tertiary/aromatic N) is 5. The number of aromatic nitrogens is 5. The topological polar surface area (TPSA) is 60.0 Å². The summed E-state index contributed by atoms with van der Waals surface area (Å²) in [7, 11) is 3.98. The van der Waals surface area contributed by atoms with E-state index >= 15 is 0 Å². The molecule has 3 aromatic heterocycles. The number of nitrogens with one attached hydrogen (secondary N) is 1. The van der Waals surface area contributed by atoms with Crippen LogP contribution in [0, 0.1) is 0 Å². The van der Waals surface area contributed by atoms with Crippen molar-refractivity contribution in [2.24, 2.45) is 7.05 Å². The Labute approximate surface area is 135 Å². The van der Waals surface area contributed by atoms with E-state index in [-0.39, 0.29) is 0 Å². The van der Waals surface area contributed by atoms with Crippen molar-refractivity contribution in [3.05, 3.63) is 36.5 Å². The summed E-state index contributed by atoms with van der Waals surface area (Å²) in [6.07, 6.45) is 12.5. The smallest absolute Gasteiger partial charge is 0.0921 e. The molecule has 0 radical (unpaired) electrons. The van der Waals surface area contributed by atoms with Crippen LogP contribution in [-0.2, 0) is 7.05 Å². The molecule has 4 rings (SSSR count). The van der Waals surface area contributed by atoms with Gasteiger partial charge in [-0.3, -0.25) is 4.68 Å². The highest BCUT2D eigenvalue weighted by Gasteiger charge is 2.25. The van der Waals surface area contributed by atoms with Crippen molar-refractivity contribution in [3.63, 3.8) is 0 Å². The van der Waals surface area contributed by atoms with Gasteiger partial charge >= 0.3 is 0 Å². The molecule has 3 aromatic rings. The standard InChI is InChI=1S/C17H22N6/c1-18-14-5-3-4-12(8-14)17-16-6-7-19-23(16)11-15(21-17)13-9-20-22(2)10-13/h6-7,9-12,14,18H,3-5,8H2,1-2H3/t12-,14-/m1/s1. The summed E-state index contributed by atoms with van der Waals surface area (Å²) in [4.78, 5) is 5.01. The molecule has 6 heteroatoms. The van der Waals surface area contributed by atoms with Crippen LogP contribution in [0.1, 0.15) is 37.3 Å². The summed E-state index contributed by atoms with van der Waals surface area (Å²) in [5, 5.41) is 12.1. The van der Waals surface area contributed by atoms with E-state index < -0.39 is 0 Å². The van der Waals surface area contributed by atoms with E-state index in [1.54, 1.807) is 0 Å². The quantitative estimate of drug-likeness (QED) is 0.807. The summed E-state index contributed by atoms with van der Waals surface area (Å²) >= 11 is 0. The molecule has 6 nitrogen and oxygen atoms in total. The third-order valence-corrected chi connectivity index (χ3v) is 4.89. The van der Waals surface area contributed by atoms with Crippen molar-refractivity contribution < 1.29 is 0 Å². The first-order valence-electron chi connectivity index (χ1n) is 8.25. The second-order valence-corrected chi connectivity index (χ2v) is 6.42. The molecule has 2 atom stereocenters. The van der Waals surface area contributed by atoms with Crippen molar-refractivity contribution in [1.82, 2.24) is 29.7 Å². The lowest BCUT2D eigenvalue weighted by Gasteiger charge is -2.29. The summed E-state index contributed by atoms with van der Waals surface area (Å²) in [6, 6.07) is 2.65. The maximum Gasteiger partial charge on any atom is 0.0921 e. The van der Waals surface area contributed by atoms with Gasteiger partial charge in [0.1, 0.15) is 0 Å². The molecule has 23 heavy (non-hydrogen) atoms. The molecule has 0 spiro atoms. The summed E-state index contributed by atoms with van der Waals surface area (Å²) in [5.41, 5.74) is 4.27. The van der Waals surface area contributed by atoms with Gasteiger partial charge in [-0.15, -0.1) is 0 Å². The summed E-state index contributed by atoms with van der Waals surface area (Å²) < 4.78 is 3.76. The monoisotopic (exact) mass is 310 g/mol. The Hall–Kier alpha value is -2.21. The van der Waals surface area contributed by atoms with Gasteiger partial charge in [-0.25, -0.2) is 9.50 Å². The van der Waals surface area contributed by atoms with Crippen molar-refractivity contribution in [2.45, 2.75) is 37.6 Å². The number of aryl methyl sites for hydroxylation is 1. The second-order valence-electron chi connectivity index (χ2n) is 6.42. The van der Waals surface area contributed by atoms with Crippen LogP contribution in [0.25, 0.3) is 16.8 Å². The number of hydrogen-bond acceptors (Lipinski definition) is 4. The molecule has 1 saturated carbocycles. The zero-order chi connectivity index (χ0) is 15.8. The molecule has 0 aromatic carbocycles. The highest BCUT2D eigenvalue weighted by molar-refractivity contribution is 5.62. The molecular formula is C17H22N6. The van der Waals surface area contributed by atoms with Crippen LogP contribution in [0.4, 0.5) is 0 Å². The van der Waals surface area contributed by atoms with Gasteiger partial charge < -0.3 is 5.32 Å². The molecule has 1 N–H and O–H groups in total.